The van der Waals surface area contributed by atoms with Gasteiger partial charge in [-0.1, -0.05) is 31.6 Å². The van der Waals surface area contributed by atoms with Crippen molar-refractivity contribution >= 4 is 23.0 Å². The smallest absolute Gasteiger partial charge is 0.126 e. The monoisotopic (exact) mass is 235 g/mol. The maximum atomic E-state index is 5.56. The SMILES string of the molecule is CC1CCCC1Nc1cccc(C(N)=S)n1. The van der Waals surface area contributed by atoms with Crippen molar-refractivity contribution in [2.24, 2.45) is 11.7 Å². The summed E-state index contributed by atoms with van der Waals surface area (Å²) in [6.45, 7) is 2.28. The highest BCUT2D eigenvalue weighted by Gasteiger charge is 2.23. The molecule has 86 valence electrons. The Labute approximate surface area is 101 Å². The maximum absolute atomic E-state index is 5.56. The number of anilines is 1. The first-order valence-corrected chi connectivity index (χ1v) is 6.11. The minimum Gasteiger partial charge on any atom is -0.388 e. The first-order chi connectivity index (χ1) is 7.66. The van der Waals surface area contributed by atoms with Gasteiger partial charge in [0, 0.05) is 6.04 Å². The fourth-order valence-corrected chi connectivity index (χ4v) is 2.32. The number of pyridine rings is 1. The fourth-order valence-electron chi connectivity index (χ4n) is 2.20. The lowest BCUT2D eigenvalue weighted by Gasteiger charge is -2.18. The van der Waals surface area contributed by atoms with Gasteiger partial charge in [-0.05, 0) is 30.9 Å². The molecule has 1 aliphatic carbocycles. The molecule has 2 unspecified atom stereocenters. The molecule has 3 N–H and O–H groups in total. The molecular formula is C12H17N3S. The molecule has 0 radical (unpaired) electrons. The summed E-state index contributed by atoms with van der Waals surface area (Å²) in [5.41, 5.74) is 6.25. The molecule has 1 aromatic rings. The molecule has 4 heteroatoms. The van der Waals surface area contributed by atoms with E-state index in [1.54, 1.807) is 0 Å². The van der Waals surface area contributed by atoms with Gasteiger partial charge in [0.2, 0.25) is 0 Å². The van der Waals surface area contributed by atoms with E-state index in [1.807, 2.05) is 18.2 Å². The molecule has 2 atom stereocenters. The Morgan fingerprint density at radius 3 is 2.94 bits per heavy atom. The molecule has 0 aromatic carbocycles. The van der Waals surface area contributed by atoms with E-state index in [0.717, 1.165) is 11.7 Å². The molecule has 1 saturated carbocycles. The minimum atomic E-state index is 0.350. The van der Waals surface area contributed by atoms with Crippen LogP contribution in [0.2, 0.25) is 0 Å². The predicted octanol–water partition coefficient (Wildman–Crippen LogP) is 2.32. The van der Waals surface area contributed by atoms with Crippen LogP contribution in [0.1, 0.15) is 31.9 Å². The standard InChI is InChI=1S/C12H17N3S/c1-8-4-2-5-9(8)14-11-7-3-6-10(15-11)12(13)16/h3,6-9H,2,4-5H2,1H3,(H2,13,16)(H,14,15). The van der Waals surface area contributed by atoms with Crippen LogP contribution in [-0.2, 0) is 0 Å². The molecule has 1 aromatic heterocycles. The summed E-state index contributed by atoms with van der Waals surface area (Å²) < 4.78 is 0. The molecule has 0 aliphatic heterocycles. The van der Waals surface area contributed by atoms with E-state index >= 15 is 0 Å². The number of nitrogens with two attached hydrogens (primary N) is 1. The first kappa shape index (κ1) is 11.3. The van der Waals surface area contributed by atoms with E-state index in [1.165, 1.54) is 19.3 Å². The summed E-state index contributed by atoms with van der Waals surface area (Å²) in [4.78, 5) is 4.74. The van der Waals surface area contributed by atoms with Gasteiger partial charge < -0.3 is 11.1 Å². The van der Waals surface area contributed by atoms with Gasteiger partial charge in [-0.25, -0.2) is 4.98 Å². The molecular weight excluding hydrogens is 218 g/mol. The van der Waals surface area contributed by atoms with Crippen LogP contribution in [0.4, 0.5) is 5.82 Å². The van der Waals surface area contributed by atoms with Gasteiger partial charge in [0.05, 0.1) is 5.69 Å². The van der Waals surface area contributed by atoms with Gasteiger partial charge in [0.25, 0.3) is 0 Å². The normalized spacial score (nSPS) is 24.3. The van der Waals surface area contributed by atoms with Crippen LogP contribution < -0.4 is 11.1 Å². The molecule has 0 spiro atoms. The summed E-state index contributed by atoms with van der Waals surface area (Å²) in [5, 5.41) is 3.46. The molecule has 16 heavy (non-hydrogen) atoms. The van der Waals surface area contributed by atoms with Crippen LogP contribution >= 0.6 is 12.2 Å². The van der Waals surface area contributed by atoms with Crippen LogP contribution in [0.25, 0.3) is 0 Å². The van der Waals surface area contributed by atoms with E-state index in [-0.39, 0.29) is 0 Å². The lowest BCUT2D eigenvalue weighted by Crippen LogP contribution is -2.23. The summed E-state index contributed by atoms with van der Waals surface area (Å²) in [6, 6.07) is 6.27. The lowest BCUT2D eigenvalue weighted by atomic mass is 10.1. The summed E-state index contributed by atoms with van der Waals surface area (Å²) >= 11 is 4.92. The average Bonchev–Trinajstić information content (AvgIpc) is 2.65. The Morgan fingerprint density at radius 1 is 1.50 bits per heavy atom. The van der Waals surface area contributed by atoms with Crippen molar-refractivity contribution in [2.75, 3.05) is 5.32 Å². The molecule has 1 aliphatic rings. The Kier molecular flexibility index (Phi) is 3.39. The van der Waals surface area contributed by atoms with Crippen molar-refractivity contribution in [3.05, 3.63) is 23.9 Å². The highest BCUT2D eigenvalue weighted by molar-refractivity contribution is 7.80. The van der Waals surface area contributed by atoms with Crippen molar-refractivity contribution in [3.8, 4) is 0 Å². The van der Waals surface area contributed by atoms with Crippen LogP contribution in [0.15, 0.2) is 18.2 Å². The van der Waals surface area contributed by atoms with Crippen LogP contribution in [0.5, 0.6) is 0 Å². The van der Waals surface area contributed by atoms with E-state index in [0.29, 0.717) is 16.7 Å². The molecule has 1 fully saturated rings. The van der Waals surface area contributed by atoms with E-state index in [9.17, 15) is 0 Å². The van der Waals surface area contributed by atoms with Crippen LogP contribution in [-0.4, -0.2) is 16.0 Å². The molecule has 3 nitrogen and oxygen atoms in total. The van der Waals surface area contributed by atoms with Crippen molar-refractivity contribution in [3.63, 3.8) is 0 Å². The van der Waals surface area contributed by atoms with Crippen LogP contribution in [0.3, 0.4) is 0 Å². The van der Waals surface area contributed by atoms with Gasteiger partial charge in [-0.2, -0.15) is 0 Å². The highest BCUT2D eigenvalue weighted by Crippen LogP contribution is 2.27. The third-order valence-electron chi connectivity index (χ3n) is 3.20. The van der Waals surface area contributed by atoms with Gasteiger partial charge in [0.1, 0.15) is 10.8 Å². The van der Waals surface area contributed by atoms with Crippen molar-refractivity contribution in [1.29, 1.82) is 0 Å². The Balaban J connectivity index is 2.09. The number of rotatable bonds is 3. The summed E-state index contributed by atoms with van der Waals surface area (Å²) in [5.74, 6) is 1.60. The third kappa shape index (κ3) is 2.50. The molecule has 2 rings (SSSR count). The Morgan fingerprint density at radius 2 is 2.31 bits per heavy atom. The molecule has 0 bridgehead atoms. The van der Waals surface area contributed by atoms with Crippen molar-refractivity contribution in [2.45, 2.75) is 32.2 Å². The Hall–Kier alpha value is -1.16. The zero-order chi connectivity index (χ0) is 11.5. The molecule has 1 heterocycles. The summed E-state index contributed by atoms with van der Waals surface area (Å²) in [7, 11) is 0. The fraction of sp³-hybridized carbons (Fsp3) is 0.500. The second-order valence-electron chi connectivity index (χ2n) is 4.43. The zero-order valence-electron chi connectivity index (χ0n) is 9.44. The van der Waals surface area contributed by atoms with Gasteiger partial charge in [0.15, 0.2) is 0 Å². The topological polar surface area (TPSA) is 50.9 Å². The van der Waals surface area contributed by atoms with E-state index in [2.05, 4.69) is 17.2 Å². The van der Waals surface area contributed by atoms with E-state index in [4.69, 9.17) is 18.0 Å². The average molecular weight is 235 g/mol. The number of aromatic nitrogens is 1. The number of hydrogen-bond acceptors (Lipinski definition) is 3. The quantitative estimate of drug-likeness (QED) is 0.789. The largest absolute Gasteiger partial charge is 0.388 e. The van der Waals surface area contributed by atoms with E-state index < -0.39 is 0 Å². The maximum Gasteiger partial charge on any atom is 0.126 e. The first-order valence-electron chi connectivity index (χ1n) is 5.70. The second kappa shape index (κ2) is 4.78. The zero-order valence-corrected chi connectivity index (χ0v) is 10.3. The van der Waals surface area contributed by atoms with Gasteiger partial charge in [-0.3, -0.25) is 0 Å². The number of hydrogen-bond donors (Lipinski definition) is 2. The third-order valence-corrected chi connectivity index (χ3v) is 3.41. The molecule has 0 amide bonds. The molecule has 0 saturated heterocycles. The lowest BCUT2D eigenvalue weighted by molar-refractivity contribution is 0.555. The van der Waals surface area contributed by atoms with Crippen molar-refractivity contribution in [1.82, 2.24) is 4.98 Å². The van der Waals surface area contributed by atoms with Gasteiger partial charge >= 0.3 is 0 Å². The Bertz CT molecular complexity index is 392. The minimum absolute atomic E-state index is 0.350. The van der Waals surface area contributed by atoms with Crippen LogP contribution in [0, 0.1) is 5.92 Å². The second-order valence-corrected chi connectivity index (χ2v) is 4.87. The number of nitrogens with zero attached hydrogens (tertiary/aromatic N) is 1. The predicted molar refractivity (Wildman–Crippen MR) is 70.6 cm³/mol. The number of thiocarbonyl (C=S) groups is 1. The number of nitrogens with one attached hydrogen (secondary N) is 1. The van der Waals surface area contributed by atoms with Crippen molar-refractivity contribution < 1.29 is 0 Å². The summed E-state index contributed by atoms with van der Waals surface area (Å²) in [6.07, 6.45) is 3.82. The highest BCUT2D eigenvalue weighted by atomic mass is 32.1. The van der Waals surface area contributed by atoms with Gasteiger partial charge in [-0.15, -0.1) is 0 Å².